The number of thioether (sulfide) groups is 1. The molecule has 1 unspecified atom stereocenters. The summed E-state index contributed by atoms with van der Waals surface area (Å²) in [6.07, 6.45) is 0. The molecule has 1 nitrogen and oxygen atoms in total. The van der Waals surface area contributed by atoms with Crippen molar-refractivity contribution in [1.82, 2.24) is 0 Å². The molecule has 0 bridgehead atoms. The zero-order valence-corrected chi connectivity index (χ0v) is 12.6. The molecule has 0 aliphatic rings. The Morgan fingerprint density at radius 2 is 1.68 bits per heavy atom. The third kappa shape index (κ3) is 3.62. The lowest BCUT2D eigenvalue weighted by Crippen LogP contribution is -2.13. The molecular weight excluding hydrogens is 250 g/mol. The van der Waals surface area contributed by atoms with E-state index >= 15 is 0 Å². The molecule has 19 heavy (non-hydrogen) atoms. The number of hydrogen-bond donors (Lipinski definition) is 1. The van der Waals surface area contributed by atoms with E-state index in [1.807, 2.05) is 11.8 Å². The third-order valence-electron chi connectivity index (χ3n) is 3.47. The highest BCUT2D eigenvalue weighted by Gasteiger charge is 2.08. The maximum atomic E-state index is 6.29. The number of nitrogens with two attached hydrogens (primary N) is 1. The van der Waals surface area contributed by atoms with E-state index in [1.54, 1.807) is 0 Å². The van der Waals surface area contributed by atoms with Gasteiger partial charge in [0, 0.05) is 16.7 Å². The van der Waals surface area contributed by atoms with Crippen molar-refractivity contribution in [3.8, 4) is 0 Å². The lowest BCUT2D eigenvalue weighted by atomic mass is 10.0. The topological polar surface area (TPSA) is 26.0 Å². The van der Waals surface area contributed by atoms with Crippen LogP contribution in [0.25, 0.3) is 0 Å². The Balaban J connectivity index is 2.03. The van der Waals surface area contributed by atoms with Crippen molar-refractivity contribution in [1.29, 1.82) is 0 Å². The number of hydrogen-bond acceptors (Lipinski definition) is 2. The summed E-state index contributed by atoms with van der Waals surface area (Å²) in [6, 6.07) is 15.0. The summed E-state index contributed by atoms with van der Waals surface area (Å²) in [4.78, 5) is 1.32. The first-order valence-electron chi connectivity index (χ1n) is 6.59. The Hall–Kier alpha value is -1.25. The molecular formula is C17H21NS. The van der Waals surface area contributed by atoms with Gasteiger partial charge in [0.05, 0.1) is 0 Å². The van der Waals surface area contributed by atoms with Crippen molar-refractivity contribution in [2.45, 2.75) is 31.7 Å². The molecule has 2 aromatic rings. The second-order valence-corrected chi connectivity index (χ2v) is 6.09. The van der Waals surface area contributed by atoms with E-state index in [9.17, 15) is 0 Å². The van der Waals surface area contributed by atoms with Gasteiger partial charge in [-0.05, 0) is 49.1 Å². The largest absolute Gasteiger partial charge is 0.323 e. The molecule has 0 aliphatic carbocycles. The van der Waals surface area contributed by atoms with Gasteiger partial charge in [-0.2, -0.15) is 0 Å². The molecule has 0 fully saturated rings. The highest BCUT2D eigenvalue weighted by molar-refractivity contribution is 7.99. The van der Waals surface area contributed by atoms with Crippen molar-refractivity contribution < 1.29 is 0 Å². The summed E-state index contributed by atoms with van der Waals surface area (Å²) in [7, 11) is 0. The van der Waals surface area contributed by atoms with E-state index in [2.05, 4.69) is 63.2 Å². The first kappa shape index (κ1) is 14.2. The molecule has 0 aromatic heterocycles. The molecule has 0 saturated carbocycles. The van der Waals surface area contributed by atoms with Gasteiger partial charge in [0.25, 0.3) is 0 Å². The number of aryl methyl sites for hydroxylation is 3. The molecule has 0 aliphatic heterocycles. The van der Waals surface area contributed by atoms with Gasteiger partial charge in [-0.1, -0.05) is 36.4 Å². The molecule has 2 aromatic carbocycles. The standard InChI is InChI=1S/C17H21NS/c1-12-8-9-15(10-14(12)3)16(18)11-19-17-7-5-4-6-13(17)2/h4-10,16H,11,18H2,1-3H3. The van der Waals surface area contributed by atoms with Gasteiger partial charge in [-0.15, -0.1) is 11.8 Å². The highest BCUT2D eigenvalue weighted by Crippen LogP contribution is 2.26. The lowest BCUT2D eigenvalue weighted by Gasteiger charge is -2.14. The van der Waals surface area contributed by atoms with Gasteiger partial charge < -0.3 is 5.73 Å². The smallest absolute Gasteiger partial charge is 0.0390 e. The Labute approximate surface area is 120 Å². The fourth-order valence-corrected chi connectivity index (χ4v) is 3.01. The van der Waals surface area contributed by atoms with Gasteiger partial charge >= 0.3 is 0 Å². The van der Waals surface area contributed by atoms with Crippen molar-refractivity contribution in [2.75, 3.05) is 5.75 Å². The van der Waals surface area contributed by atoms with Crippen molar-refractivity contribution in [3.05, 3.63) is 64.7 Å². The zero-order chi connectivity index (χ0) is 13.8. The number of benzene rings is 2. The minimum Gasteiger partial charge on any atom is -0.323 e. The van der Waals surface area contributed by atoms with Crippen LogP contribution in [0.1, 0.15) is 28.3 Å². The third-order valence-corrected chi connectivity index (χ3v) is 4.77. The SMILES string of the molecule is Cc1ccc(C(N)CSc2ccccc2C)cc1C. The van der Waals surface area contributed by atoms with E-state index in [4.69, 9.17) is 5.73 Å². The molecule has 0 heterocycles. The molecule has 0 amide bonds. The normalized spacial score (nSPS) is 12.4. The van der Waals surface area contributed by atoms with Crippen molar-refractivity contribution >= 4 is 11.8 Å². The summed E-state index contributed by atoms with van der Waals surface area (Å²) < 4.78 is 0. The Morgan fingerprint density at radius 1 is 0.947 bits per heavy atom. The van der Waals surface area contributed by atoms with Crippen LogP contribution in [-0.4, -0.2) is 5.75 Å². The minimum absolute atomic E-state index is 0.0870. The lowest BCUT2D eigenvalue weighted by molar-refractivity contribution is 0.829. The van der Waals surface area contributed by atoms with Crippen LogP contribution in [0.5, 0.6) is 0 Å². The van der Waals surface area contributed by atoms with Gasteiger partial charge in [0.15, 0.2) is 0 Å². The van der Waals surface area contributed by atoms with Crippen LogP contribution in [0.3, 0.4) is 0 Å². The van der Waals surface area contributed by atoms with E-state index < -0.39 is 0 Å². The molecule has 2 heteroatoms. The van der Waals surface area contributed by atoms with Gasteiger partial charge in [-0.3, -0.25) is 0 Å². The fourth-order valence-electron chi connectivity index (χ4n) is 1.99. The number of rotatable bonds is 4. The van der Waals surface area contributed by atoms with E-state index in [0.29, 0.717) is 0 Å². The van der Waals surface area contributed by atoms with Crippen LogP contribution < -0.4 is 5.73 Å². The van der Waals surface area contributed by atoms with Gasteiger partial charge in [0.2, 0.25) is 0 Å². The Morgan fingerprint density at radius 3 is 2.37 bits per heavy atom. The van der Waals surface area contributed by atoms with Crippen LogP contribution >= 0.6 is 11.8 Å². The maximum Gasteiger partial charge on any atom is 0.0390 e. The monoisotopic (exact) mass is 271 g/mol. The van der Waals surface area contributed by atoms with Gasteiger partial charge in [-0.25, -0.2) is 0 Å². The molecule has 2 N–H and O–H groups in total. The second-order valence-electron chi connectivity index (χ2n) is 5.03. The summed E-state index contributed by atoms with van der Waals surface area (Å²) in [5.41, 5.74) is 11.5. The maximum absolute atomic E-state index is 6.29. The predicted octanol–water partition coefficient (Wildman–Crippen LogP) is 4.40. The molecule has 100 valence electrons. The van der Waals surface area contributed by atoms with Crippen LogP contribution in [0.2, 0.25) is 0 Å². The van der Waals surface area contributed by atoms with E-state index in [0.717, 1.165) is 5.75 Å². The Bertz CT molecular complexity index is 563. The molecule has 0 radical (unpaired) electrons. The second kappa shape index (κ2) is 6.27. The summed E-state index contributed by atoms with van der Waals surface area (Å²) in [6.45, 7) is 6.41. The fraction of sp³-hybridized carbons (Fsp3) is 0.294. The molecule has 0 saturated heterocycles. The highest BCUT2D eigenvalue weighted by atomic mass is 32.2. The quantitative estimate of drug-likeness (QED) is 0.834. The van der Waals surface area contributed by atoms with Crippen LogP contribution in [-0.2, 0) is 0 Å². The first-order valence-corrected chi connectivity index (χ1v) is 7.57. The first-order chi connectivity index (χ1) is 9.08. The summed E-state index contributed by atoms with van der Waals surface area (Å²) >= 11 is 1.84. The van der Waals surface area contributed by atoms with Gasteiger partial charge in [0.1, 0.15) is 0 Å². The predicted molar refractivity (Wildman–Crippen MR) is 84.7 cm³/mol. The minimum atomic E-state index is 0.0870. The van der Waals surface area contributed by atoms with Crippen LogP contribution in [0, 0.1) is 20.8 Å². The van der Waals surface area contributed by atoms with E-state index in [1.165, 1.54) is 27.1 Å². The Kier molecular flexibility index (Phi) is 4.67. The average molecular weight is 271 g/mol. The van der Waals surface area contributed by atoms with Crippen LogP contribution in [0.15, 0.2) is 47.4 Å². The molecule has 1 atom stereocenters. The van der Waals surface area contributed by atoms with Crippen molar-refractivity contribution in [2.24, 2.45) is 5.73 Å². The average Bonchev–Trinajstić information content (AvgIpc) is 2.40. The summed E-state index contributed by atoms with van der Waals surface area (Å²) in [5, 5.41) is 0. The van der Waals surface area contributed by atoms with E-state index in [-0.39, 0.29) is 6.04 Å². The molecule has 2 rings (SSSR count). The summed E-state index contributed by atoms with van der Waals surface area (Å²) in [5.74, 6) is 0.910. The zero-order valence-electron chi connectivity index (χ0n) is 11.8. The van der Waals surface area contributed by atoms with Crippen molar-refractivity contribution in [3.63, 3.8) is 0 Å². The van der Waals surface area contributed by atoms with Crippen LogP contribution in [0.4, 0.5) is 0 Å². The molecule has 0 spiro atoms.